The molecule has 2 saturated heterocycles. The van der Waals surface area contributed by atoms with Crippen LogP contribution in [0, 0.1) is 11.8 Å². The van der Waals surface area contributed by atoms with Gasteiger partial charge >= 0.3 is 0 Å². The van der Waals surface area contributed by atoms with Crippen LogP contribution in [-0.4, -0.2) is 34.9 Å². The Morgan fingerprint density at radius 2 is 1.50 bits per heavy atom. The van der Waals surface area contributed by atoms with Crippen LogP contribution in [0.15, 0.2) is 77.9 Å². The standard InChI is InChI=1S/C26H17Cl2N3O3/c27-16-11-9-14(10-12-16)24(32)23-21-20(22-17-6-2-1-5-15(17)13-29-31(22)23)25(33)30(26(21)34)19-8-4-3-7-18(19)28/h1-13,20-23H. The molecule has 8 heteroatoms. The molecule has 6 rings (SSSR count). The number of hydrogen-bond acceptors (Lipinski definition) is 5. The van der Waals surface area contributed by atoms with Crippen molar-refractivity contribution in [3.63, 3.8) is 0 Å². The highest BCUT2D eigenvalue weighted by atomic mass is 35.5. The maximum Gasteiger partial charge on any atom is 0.240 e. The normalized spacial score (nSPS) is 24.8. The zero-order chi connectivity index (χ0) is 23.6. The Morgan fingerprint density at radius 3 is 2.26 bits per heavy atom. The average Bonchev–Trinajstić information content (AvgIpc) is 3.32. The van der Waals surface area contributed by atoms with Gasteiger partial charge in [-0.3, -0.25) is 19.4 Å². The van der Waals surface area contributed by atoms with Gasteiger partial charge in [0.1, 0.15) is 6.04 Å². The Hall–Kier alpha value is -3.48. The molecule has 0 spiro atoms. The van der Waals surface area contributed by atoms with E-state index in [0.29, 0.717) is 21.3 Å². The molecule has 0 saturated carbocycles. The van der Waals surface area contributed by atoms with E-state index in [2.05, 4.69) is 5.10 Å². The second kappa shape index (κ2) is 7.79. The number of ketones is 1. The zero-order valence-electron chi connectivity index (χ0n) is 17.6. The number of benzene rings is 3. The Balaban J connectivity index is 1.51. The molecule has 2 amide bonds. The van der Waals surface area contributed by atoms with E-state index in [1.54, 1.807) is 59.8 Å². The fraction of sp³-hybridized carbons (Fsp3) is 0.154. The first-order chi connectivity index (χ1) is 16.5. The van der Waals surface area contributed by atoms with Crippen LogP contribution in [0.2, 0.25) is 10.0 Å². The monoisotopic (exact) mass is 489 g/mol. The van der Waals surface area contributed by atoms with Crippen molar-refractivity contribution in [2.24, 2.45) is 16.9 Å². The van der Waals surface area contributed by atoms with E-state index in [1.807, 2.05) is 24.3 Å². The molecule has 3 heterocycles. The lowest BCUT2D eigenvalue weighted by atomic mass is 9.83. The van der Waals surface area contributed by atoms with E-state index in [4.69, 9.17) is 23.2 Å². The Bertz CT molecular complexity index is 1390. The number of halogens is 2. The predicted octanol–water partition coefficient (Wildman–Crippen LogP) is 4.75. The lowest BCUT2D eigenvalue weighted by Crippen LogP contribution is -2.44. The Morgan fingerprint density at radius 1 is 0.824 bits per heavy atom. The highest BCUT2D eigenvalue weighted by Crippen LogP contribution is 2.53. The number of Topliss-reactive ketones (excluding diaryl/α,β-unsaturated/α-hetero) is 1. The van der Waals surface area contributed by atoms with Gasteiger partial charge in [-0.1, -0.05) is 59.6 Å². The van der Waals surface area contributed by atoms with Crippen LogP contribution in [0.4, 0.5) is 5.69 Å². The van der Waals surface area contributed by atoms with Gasteiger partial charge < -0.3 is 0 Å². The van der Waals surface area contributed by atoms with Crippen molar-refractivity contribution in [3.8, 4) is 0 Å². The first-order valence-electron chi connectivity index (χ1n) is 10.8. The molecule has 3 aliphatic heterocycles. The van der Waals surface area contributed by atoms with Gasteiger partial charge in [0.25, 0.3) is 0 Å². The van der Waals surface area contributed by atoms with Crippen molar-refractivity contribution in [2.45, 2.75) is 12.1 Å². The number of carbonyl (C=O) groups excluding carboxylic acids is 3. The largest absolute Gasteiger partial charge is 0.292 e. The van der Waals surface area contributed by atoms with Crippen LogP contribution in [0.5, 0.6) is 0 Å². The van der Waals surface area contributed by atoms with Crippen LogP contribution in [0.3, 0.4) is 0 Å². The van der Waals surface area contributed by atoms with E-state index in [-0.39, 0.29) is 11.7 Å². The van der Waals surface area contributed by atoms with E-state index >= 15 is 0 Å². The third-order valence-electron chi connectivity index (χ3n) is 6.78. The topological polar surface area (TPSA) is 70.0 Å². The van der Waals surface area contributed by atoms with E-state index in [0.717, 1.165) is 16.0 Å². The molecule has 3 aromatic rings. The first-order valence-corrected chi connectivity index (χ1v) is 11.6. The Labute approximate surface area is 205 Å². The molecule has 4 atom stereocenters. The molecule has 0 N–H and O–H groups in total. The summed E-state index contributed by atoms with van der Waals surface area (Å²) in [5.74, 6) is -2.79. The number of hydrogen-bond donors (Lipinski definition) is 0. The summed E-state index contributed by atoms with van der Waals surface area (Å²) in [6, 6.07) is 19.4. The van der Waals surface area contributed by atoms with E-state index in [1.165, 1.54) is 0 Å². The van der Waals surface area contributed by atoms with Crippen LogP contribution in [0.25, 0.3) is 0 Å². The SMILES string of the molecule is O=C(c1ccc(Cl)cc1)C1C2C(=O)N(c3ccccc3Cl)C(=O)C2C2c3ccccc3C=NN12. The van der Waals surface area contributed by atoms with Gasteiger partial charge in [-0.05, 0) is 47.5 Å². The van der Waals surface area contributed by atoms with E-state index < -0.39 is 29.8 Å². The van der Waals surface area contributed by atoms with Crippen molar-refractivity contribution in [1.82, 2.24) is 5.01 Å². The first kappa shape index (κ1) is 21.1. The minimum absolute atomic E-state index is 0.284. The number of fused-ring (bicyclic) bond motifs is 5. The molecule has 0 aliphatic carbocycles. The molecular formula is C26H17Cl2N3O3. The van der Waals surface area contributed by atoms with Gasteiger partial charge in [0.05, 0.1) is 34.8 Å². The molecule has 4 unspecified atom stereocenters. The molecule has 168 valence electrons. The fourth-order valence-electron chi connectivity index (χ4n) is 5.32. The maximum atomic E-state index is 13.8. The molecule has 2 fully saturated rings. The fourth-order valence-corrected chi connectivity index (χ4v) is 5.67. The second-order valence-electron chi connectivity index (χ2n) is 8.53. The highest BCUT2D eigenvalue weighted by Gasteiger charge is 2.65. The summed E-state index contributed by atoms with van der Waals surface area (Å²) < 4.78 is 0. The van der Waals surface area contributed by atoms with Crippen molar-refractivity contribution >= 4 is 52.7 Å². The number of hydrazone groups is 1. The summed E-state index contributed by atoms with van der Waals surface area (Å²) in [5, 5.41) is 6.99. The third kappa shape index (κ3) is 2.95. The Kier molecular flexibility index (Phi) is 4.83. The zero-order valence-corrected chi connectivity index (χ0v) is 19.1. The van der Waals surface area contributed by atoms with Gasteiger partial charge in [-0.25, -0.2) is 4.90 Å². The molecule has 34 heavy (non-hydrogen) atoms. The van der Waals surface area contributed by atoms with Gasteiger partial charge in [-0.2, -0.15) is 5.10 Å². The minimum Gasteiger partial charge on any atom is -0.292 e. The third-order valence-corrected chi connectivity index (χ3v) is 7.36. The molecule has 0 aromatic heterocycles. The smallest absolute Gasteiger partial charge is 0.240 e. The summed E-state index contributed by atoms with van der Waals surface area (Å²) in [4.78, 5) is 42.5. The number of anilines is 1. The maximum absolute atomic E-state index is 13.8. The van der Waals surface area contributed by atoms with Gasteiger partial charge in [0.2, 0.25) is 11.8 Å². The van der Waals surface area contributed by atoms with Crippen LogP contribution in [-0.2, 0) is 9.59 Å². The van der Waals surface area contributed by atoms with Crippen molar-refractivity contribution in [2.75, 3.05) is 4.90 Å². The molecule has 0 bridgehead atoms. The quantitative estimate of drug-likeness (QED) is 0.393. The number of amides is 2. The van der Waals surface area contributed by atoms with Gasteiger partial charge in [0.15, 0.2) is 5.78 Å². The molecular weight excluding hydrogens is 473 g/mol. The van der Waals surface area contributed by atoms with Crippen molar-refractivity contribution in [3.05, 3.63) is 99.5 Å². The summed E-state index contributed by atoms with van der Waals surface area (Å²) in [6.45, 7) is 0. The number of carbonyl (C=O) groups is 3. The molecule has 3 aliphatic rings. The van der Waals surface area contributed by atoms with Crippen molar-refractivity contribution in [1.29, 1.82) is 0 Å². The van der Waals surface area contributed by atoms with Crippen LogP contribution in [0.1, 0.15) is 27.5 Å². The van der Waals surface area contributed by atoms with Crippen molar-refractivity contribution < 1.29 is 14.4 Å². The lowest BCUT2D eigenvalue weighted by molar-refractivity contribution is -0.124. The van der Waals surface area contributed by atoms with Crippen LogP contribution < -0.4 is 4.90 Å². The highest BCUT2D eigenvalue weighted by molar-refractivity contribution is 6.36. The number of para-hydroxylation sites is 1. The molecule has 0 radical (unpaired) electrons. The molecule has 6 nitrogen and oxygen atoms in total. The van der Waals surface area contributed by atoms with Gasteiger partial charge in [0, 0.05) is 10.6 Å². The summed E-state index contributed by atoms with van der Waals surface area (Å²) >= 11 is 12.4. The molecule has 3 aromatic carbocycles. The minimum atomic E-state index is -0.940. The van der Waals surface area contributed by atoms with Crippen LogP contribution >= 0.6 is 23.2 Å². The van der Waals surface area contributed by atoms with Gasteiger partial charge in [-0.15, -0.1) is 0 Å². The summed E-state index contributed by atoms with van der Waals surface area (Å²) in [7, 11) is 0. The number of imide groups is 1. The van der Waals surface area contributed by atoms with E-state index in [9.17, 15) is 14.4 Å². The summed E-state index contributed by atoms with van der Waals surface area (Å²) in [5.41, 5.74) is 2.45. The average molecular weight is 490 g/mol. The predicted molar refractivity (Wildman–Crippen MR) is 129 cm³/mol. The lowest BCUT2D eigenvalue weighted by Gasteiger charge is -2.33. The number of rotatable bonds is 3. The number of nitrogens with zero attached hydrogens (tertiary/aromatic N) is 3. The summed E-state index contributed by atoms with van der Waals surface area (Å²) in [6.07, 6.45) is 1.68. The second-order valence-corrected chi connectivity index (χ2v) is 9.37.